The van der Waals surface area contributed by atoms with E-state index in [1.165, 1.54) is 16.9 Å². The van der Waals surface area contributed by atoms with Gasteiger partial charge in [-0.25, -0.2) is 4.79 Å². The Morgan fingerprint density at radius 1 is 1.29 bits per heavy atom. The zero-order valence-electron chi connectivity index (χ0n) is 13.3. The molecule has 0 spiro atoms. The third-order valence-corrected chi connectivity index (χ3v) is 3.72. The highest BCUT2D eigenvalue weighted by molar-refractivity contribution is 5.82. The van der Waals surface area contributed by atoms with Crippen molar-refractivity contribution >= 4 is 18.0 Å². The second kappa shape index (κ2) is 6.32. The van der Waals surface area contributed by atoms with E-state index in [1.807, 2.05) is 6.92 Å². The van der Waals surface area contributed by atoms with E-state index in [0.29, 0.717) is 6.54 Å². The van der Waals surface area contributed by atoms with Gasteiger partial charge in [0, 0.05) is 18.6 Å². The van der Waals surface area contributed by atoms with Crippen molar-refractivity contribution in [2.45, 2.75) is 33.2 Å². The van der Waals surface area contributed by atoms with E-state index in [9.17, 15) is 14.4 Å². The Balaban J connectivity index is 2.86. The normalized spacial score (nSPS) is 22.0. The largest absolute Gasteiger partial charge is 0.480 e. The lowest BCUT2D eigenvalue weighted by Gasteiger charge is -2.37. The number of ether oxygens (including phenoxy) is 1. The summed E-state index contributed by atoms with van der Waals surface area (Å²) in [5.41, 5.74) is -0.609. The second-order valence-corrected chi connectivity index (χ2v) is 6.45. The van der Waals surface area contributed by atoms with Crippen LogP contribution in [0.15, 0.2) is 0 Å². The van der Waals surface area contributed by atoms with Gasteiger partial charge in [0.05, 0.1) is 13.0 Å². The predicted molar refractivity (Wildman–Crippen MR) is 75.7 cm³/mol. The number of hydrogen-bond acceptors (Lipinski definition) is 4. The highest BCUT2D eigenvalue weighted by Crippen LogP contribution is 2.26. The van der Waals surface area contributed by atoms with E-state index in [-0.39, 0.29) is 36.9 Å². The zero-order chi connectivity index (χ0) is 16.4. The summed E-state index contributed by atoms with van der Waals surface area (Å²) in [5, 5.41) is 8.98. The number of aliphatic carboxylic acids is 1. The van der Waals surface area contributed by atoms with Crippen molar-refractivity contribution in [3.05, 3.63) is 0 Å². The molecule has 0 aromatic heterocycles. The highest BCUT2D eigenvalue weighted by Gasteiger charge is 2.41. The summed E-state index contributed by atoms with van der Waals surface area (Å²) in [6.07, 6.45) is 0. The fourth-order valence-electron chi connectivity index (χ4n) is 2.48. The fraction of sp³-hybridized carbons (Fsp3) is 0.786. The first-order valence-electron chi connectivity index (χ1n) is 6.94. The predicted octanol–water partition coefficient (Wildman–Crippen LogP) is 1.03. The topological polar surface area (TPSA) is 87.2 Å². The van der Waals surface area contributed by atoms with Crippen LogP contribution >= 0.6 is 0 Å². The van der Waals surface area contributed by atoms with Crippen LogP contribution in [0.3, 0.4) is 0 Å². The van der Waals surface area contributed by atoms with Gasteiger partial charge in [-0.2, -0.15) is 0 Å². The Hall–Kier alpha value is -1.79. The lowest BCUT2D eigenvalue weighted by Crippen LogP contribution is -2.53. The Morgan fingerprint density at radius 2 is 1.86 bits per heavy atom. The van der Waals surface area contributed by atoms with Crippen LogP contribution in [0.5, 0.6) is 0 Å². The molecule has 21 heavy (non-hydrogen) atoms. The van der Waals surface area contributed by atoms with Crippen LogP contribution in [0.1, 0.15) is 27.7 Å². The number of urea groups is 1. The molecule has 1 saturated heterocycles. The van der Waals surface area contributed by atoms with Crippen LogP contribution in [0.25, 0.3) is 0 Å². The monoisotopic (exact) mass is 300 g/mol. The van der Waals surface area contributed by atoms with Gasteiger partial charge in [-0.1, -0.05) is 6.92 Å². The lowest BCUT2D eigenvalue weighted by atomic mass is 9.99. The quantitative estimate of drug-likeness (QED) is 0.787. The molecule has 1 N–H and O–H groups in total. The standard InChI is InChI=1S/C14H24N2O5/c1-9-6-15(7-10(9)12(19)21-5)13(20)16(8-11(17)18)14(2,3)4/h9-10H,6-8H2,1-5H3,(H,17,18). The summed E-state index contributed by atoms with van der Waals surface area (Å²) in [7, 11) is 1.32. The van der Waals surface area contributed by atoms with Crippen molar-refractivity contribution in [1.29, 1.82) is 0 Å². The molecular weight excluding hydrogens is 276 g/mol. The number of likely N-dealkylation sites (tertiary alicyclic amines) is 1. The minimum atomic E-state index is -1.06. The summed E-state index contributed by atoms with van der Waals surface area (Å²) in [6.45, 7) is 7.55. The molecule has 1 rings (SSSR count). The van der Waals surface area contributed by atoms with Crippen molar-refractivity contribution in [1.82, 2.24) is 9.80 Å². The van der Waals surface area contributed by atoms with E-state index < -0.39 is 11.5 Å². The molecule has 1 aliphatic heterocycles. The van der Waals surface area contributed by atoms with Crippen LogP contribution in [0, 0.1) is 11.8 Å². The zero-order valence-corrected chi connectivity index (χ0v) is 13.3. The third kappa shape index (κ3) is 4.09. The third-order valence-electron chi connectivity index (χ3n) is 3.72. The number of methoxy groups -OCH3 is 1. The first-order chi connectivity index (χ1) is 9.57. The maximum absolute atomic E-state index is 12.6. The molecule has 1 aliphatic rings. The number of carbonyl (C=O) groups is 3. The van der Waals surface area contributed by atoms with Crippen LogP contribution in [0.4, 0.5) is 4.79 Å². The highest BCUT2D eigenvalue weighted by atomic mass is 16.5. The van der Waals surface area contributed by atoms with Crippen LogP contribution in [-0.4, -0.2) is 65.2 Å². The number of nitrogens with zero attached hydrogens (tertiary/aromatic N) is 2. The summed E-state index contributed by atoms with van der Waals surface area (Å²) in [5.74, 6) is -1.76. The SMILES string of the molecule is COC(=O)C1CN(C(=O)N(CC(=O)O)C(C)(C)C)CC1C. The molecule has 2 unspecified atom stereocenters. The Morgan fingerprint density at radius 3 is 2.29 bits per heavy atom. The molecule has 0 aliphatic carbocycles. The minimum Gasteiger partial charge on any atom is -0.480 e. The number of carboxylic acids is 1. The van der Waals surface area contributed by atoms with E-state index in [2.05, 4.69) is 0 Å². The van der Waals surface area contributed by atoms with E-state index in [0.717, 1.165) is 0 Å². The van der Waals surface area contributed by atoms with E-state index in [4.69, 9.17) is 9.84 Å². The van der Waals surface area contributed by atoms with Gasteiger partial charge in [-0.15, -0.1) is 0 Å². The van der Waals surface area contributed by atoms with Gasteiger partial charge in [-0.3, -0.25) is 9.59 Å². The summed E-state index contributed by atoms with van der Waals surface area (Å²) >= 11 is 0. The maximum Gasteiger partial charge on any atom is 0.323 e. The smallest absolute Gasteiger partial charge is 0.323 e. The van der Waals surface area contributed by atoms with Gasteiger partial charge >= 0.3 is 18.0 Å². The first-order valence-corrected chi connectivity index (χ1v) is 6.94. The number of esters is 1. The molecule has 7 nitrogen and oxygen atoms in total. The molecule has 120 valence electrons. The van der Waals surface area contributed by atoms with E-state index >= 15 is 0 Å². The number of amides is 2. The molecule has 1 fully saturated rings. The van der Waals surface area contributed by atoms with Crippen molar-refractivity contribution in [2.24, 2.45) is 11.8 Å². The molecule has 0 radical (unpaired) electrons. The number of rotatable bonds is 3. The number of carbonyl (C=O) groups excluding carboxylic acids is 2. The van der Waals surface area contributed by atoms with Gasteiger partial charge in [0.1, 0.15) is 6.54 Å². The first kappa shape index (κ1) is 17.3. The van der Waals surface area contributed by atoms with Gasteiger partial charge in [0.2, 0.25) is 0 Å². The van der Waals surface area contributed by atoms with Gasteiger partial charge < -0.3 is 19.6 Å². The van der Waals surface area contributed by atoms with Crippen molar-refractivity contribution in [3.8, 4) is 0 Å². The fourth-order valence-corrected chi connectivity index (χ4v) is 2.48. The van der Waals surface area contributed by atoms with Gasteiger partial charge in [-0.05, 0) is 26.7 Å². The molecule has 0 bridgehead atoms. The molecule has 0 saturated carbocycles. The number of carboxylic acid groups (broad SMARTS) is 1. The van der Waals surface area contributed by atoms with E-state index in [1.54, 1.807) is 20.8 Å². The second-order valence-electron chi connectivity index (χ2n) is 6.45. The molecule has 1 heterocycles. The van der Waals surface area contributed by atoms with Crippen molar-refractivity contribution in [2.75, 3.05) is 26.7 Å². The molecule has 2 amide bonds. The summed E-state index contributed by atoms with van der Waals surface area (Å²) < 4.78 is 4.74. The van der Waals surface area contributed by atoms with Gasteiger partial charge in [0.15, 0.2) is 0 Å². The Bertz CT molecular complexity index is 430. The Kier molecular flexibility index (Phi) is 5.20. The molecule has 2 atom stereocenters. The van der Waals surface area contributed by atoms with Crippen molar-refractivity contribution in [3.63, 3.8) is 0 Å². The van der Waals surface area contributed by atoms with Crippen LogP contribution in [-0.2, 0) is 14.3 Å². The maximum atomic E-state index is 12.6. The van der Waals surface area contributed by atoms with Gasteiger partial charge in [0.25, 0.3) is 0 Å². The molecule has 7 heteroatoms. The van der Waals surface area contributed by atoms with Crippen LogP contribution in [0.2, 0.25) is 0 Å². The van der Waals surface area contributed by atoms with Crippen molar-refractivity contribution < 1.29 is 24.2 Å². The summed E-state index contributed by atoms with van der Waals surface area (Å²) in [6, 6.07) is -0.358. The Labute approximate surface area is 124 Å². The van der Waals surface area contributed by atoms with Crippen LogP contribution < -0.4 is 0 Å². The molecular formula is C14H24N2O5. The number of hydrogen-bond donors (Lipinski definition) is 1. The summed E-state index contributed by atoms with van der Waals surface area (Å²) in [4.78, 5) is 38.0. The lowest BCUT2D eigenvalue weighted by molar-refractivity contribution is -0.146. The molecule has 0 aromatic rings. The average Bonchev–Trinajstić information content (AvgIpc) is 2.75. The molecule has 0 aromatic carbocycles. The minimum absolute atomic E-state index is 0.00644. The average molecular weight is 300 g/mol.